The first-order chi connectivity index (χ1) is 13.0. The summed E-state index contributed by atoms with van der Waals surface area (Å²) < 4.78 is 8.08. The first kappa shape index (κ1) is 18.1. The summed E-state index contributed by atoms with van der Waals surface area (Å²) >= 11 is 6.04. The van der Waals surface area contributed by atoms with Crippen molar-refractivity contribution in [1.82, 2.24) is 19.4 Å². The van der Waals surface area contributed by atoms with Gasteiger partial charge in [0, 0.05) is 48.0 Å². The number of hydrogen-bond acceptors (Lipinski definition) is 3. The Hall–Kier alpha value is -2.31. The van der Waals surface area contributed by atoms with Crippen molar-refractivity contribution in [2.24, 2.45) is 7.05 Å². The maximum Gasteiger partial charge on any atom is 0.270 e. The van der Waals surface area contributed by atoms with Gasteiger partial charge in [0.25, 0.3) is 5.91 Å². The first-order valence-corrected chi connectivity index (χ1v) is 9.55. The molecule has 1 amide bonds. The third-order valence-corrected chi connectivity index (χ3v) is 5.48. The normalized spacial score (nSPS) is 17.6. The standard InChI is InChI=1S/C20H23ClN4O2/c1-13-10-22-19(24(13)2)12-27-16-4-3-7-25(11-16)20(26)18-9-14-8-15(21)5-6-17(14)23-18/h5-6,8-10,16,23H,3-4,7,11-12H2,1-2H3. The monoisotopic (exact) mass is 386 g/mol. The van der Waals surface area contributed by atoms with E-state index in [9.17, 15) is 4.79 Å². The average molecular weight is 387 g/mol. The van der Waals surface area contributed by atoms with Crippen LogP contribution in [0.4, 0.5) is 0 Å². The second-order valence-corrected chi connectivity index (χ2v) is 7.55. The fourth-order valence-corrected chi connectivity index (χ4v) is 3.70. The Morgan fingerprint density at radius 2 is 2.26 bits per heavy atom. The average Bonchev–Trinajstić information content (AvgIpc) is 3.23. The van der Waals surface area contributed by atoms with Crippen molar-refractivity contribution in [3.05, 3.63) is 52.7 Å². The summed E-state index contributed by atoms with van der Waals surface area (Å²) in [5, 5.41) is 1.61. The lowest BCUT2D eigenvalue weighted by Gasteiger charge is -2.32. The van der Waals surface area contributed by atoms with Gasteiger partial charge >= 0.3 is 0 Å². The summed E-state index contributed by atoms with van der Waals surface area (Å²) in [7, 11) is 1.99. The van der Waals surface area contributed by atoms with E-state index in [0.29, 0.717) is 23.9 Å². The summed E-state index contributed by atoms with van der Waals surface area (Å²) in [4.78, 5) is 22.4. The summed E-state index contributed by atoms with van der Waals surface area (Å²) in [5.41, 5.74) is 2.61. The number of likely N-dealkylation sites (tertiary alicyclic amines) is 1. The minimum Gasteiger partial charge on any atom is -0.368 e. The van der Waals surface area contributed by atoms with Crippen molar-refractivity contribution >= 4 is 28.4 Å². The van der Waals surface area contributed by atoms with Gasteiger partial charge in [-0.2, -0.15) is 0 Å². The van der Waals surface area contributed by atoms with E-state index in [0.717, 1.165) is 41.8 Å². The van der Waals surface area contributed by atoms with Crippen LogP contribution in [0.1, 0.15) is 34.8 Å². The van der Waals surface area contributed by atoms with Gasteiger partial charge in [0.15, 0.2) is 0 Å². The molecule has 3 aromatic rings. The smallest absolute Gasteiger partial charge is 0.270 e. The van der Waals surface area contributed by atoms with Crippen molar-refractivity contribution in [3.63, 3.8) is 0 Å². The molecule has 1 atom stereocenters. The number of hydrogen-bond donors (Lipinski definition) is 1. The highest BCUT2D eigenvalue weighted by Gasteiger charge is 2.26. The van der Waals surface area contributed by atoms with E-state index in [1.54, 1.807) is 0 Å². The van der Waals surface area contributed by atoms with Crippen molar-refractivity contribution < 1.29 is 9.53 Å². The third kappa shape index (κ3) is 3.73. The topological polar surface area (TPSA) is 63.1 Å². The molecule has 1 fully saturated rings. The van der Waals surface area contributed by atoms with Crippen LogP contribution in [0.5, 0.6) is 0 Å². The molecule has 3 heterocycles. The van der Waals surface area contributed by atoms with Crippen LogP contribution in [0.2, 0.25) is 5.02 Å². The van der Waals surface area contributed by atoms with Gasteiger partial charge < -0.3 is 19.2 Å². The van der Waals surface area contributed by atoms with Crippen molar-refractivity contribution in [1.29, 1.82) is 0 Å². The zero-order chi connectivity index (χ0) is 19.0. The predicted octanol–water partition coefficient (Wildman–Crippen LogP) is 3.68. The molecule has 0 saturated carbocycles. The fourth-order valence-electron chi connectivity index (χ4n) is 3.52. The minimum atomic E-state index is 0.00320. The number of fused-ring (bicyclic) bond motifs is 1. The van der Waals surface area contributed by atoms with Gasteiger partial charge in [-0.25, -0.2) is 4.98 Å². The number of imidazole rings is 1. The molecule has 1 aliphatic heterocycles. The number of H-pyrrole nitrogens is 1. The highest BCUT2D eigenvalue weighted by molar-refractivity contribution is 6.31. The lowest BCUT2D eigenvalue weighted by molar-refractivity contribution is -0.00992. The maximum atomic E-state index is 12.9. The summed E-state index contributed by atoms with van der Waals surface area (Å²) in [6.45, 7) is 3.82. The van der Waals surface area contributed by atoms with Crippen LogP contribution in [0.25, 0.3) is 10.9 Å². The molecule has 142 valence electrons. The number of aryl methyl sites for hydroxylation is 1. The molecule has 0 radical (unpaired) electrons. The van der Waals surface area contributed by atoms with E-state index >= 15 is 0 Å². The van der Waals surface area contributed by atoms with Crippen LogP contribution in [-0.4, -0.2) is 44.5 Å². The molecule has 4 rings (SSSR count). The molecule has 1 unspecified atom stereocenters. The molecule has 0 aliphatic carbocycles. The molecule has 27 heavy (non-hydrogen) atoms. The number of piperidine rings is 1. The second-order valence-electron chi connectivity index (χ2n) is 7.12. The SMILES string of the molecule is Cc1cnc(COC2CCCN(C(=O)c3cc4cc(Cl)ccc4[nH]3)C2)n1C. The number of carbonyl (C=O) groups excluding carboxylic acids is 1. The van der Waals surface area contributed by atoms with Crippen LogP contribution in [0.15, 0.2) is 30.5 Å². The van der Waals surface area contributed by atoms with Gasteiger partial charge in [0.1, 0.15) is 18.1 Å². The van der Waals surface area contributed by atoms with E-state index < -0.39 is 0 Å². The fraction of sp³-hybridized carbons (Fsp3) is 0.400. The Morgan fingerprint density at radius 1 is 1.41 bits per heavy atom. The lowest BCUT2D eigenvalue weighted by Crippen LogP contribution is -2.43. The number of carbonyl (C=O) groups is 1. The number of halogens is 1. The van der Waals surface area contributed by atoms with Gasteiger partial charge in [-0.1, -0.05) is 11.6 Å². The quantitative estimate of drug-likeness (QED) is 0.743. The number of nitrogens with one attached hydrogen (secondary N) is 1. The molecule has 1 N–H and O–H groups in total. The van der Waals surface area contributed by atoms with Gasteiger partial charge in [-0.15, -0.1) is 0 Å². The van der Waals surface area contributed by atoms with E-state index in [4.69, 9.17) is 16.3 Å². The van der Waals surface area contributed by atoms with Crippen molar-refractivity contribution in [3.8, 4) is 0 Å². The van der Waals surface area contributed by atoms with E-state index in [1.807, 2.05) is 53.9 Å². The van der Waals surface area contributed by atoms with Gasteiger partial charge in [0.05, 0.1) is 6.10 Å². The summed E-state index contributed by atoms with van der Waals surface area (Å²) in [6, 6.07) is 7.44. The van der Waals surface area contributed by atoms with Crippen molar-refractivity contribution in [2.75, 3.05) is 13.1 Å². The lowest BCUT2D eigenvalue weighted by atomic mass is 10.1. The number of nitrogens with zero attached hydrogens (tertiary/aromatic N) is 3. The molecular weight excluding hydrogens is 364 g/mol. The molecule has 0 spiro atoms. The Kier molecular flexibility index (Phi) is 4.93. The molecule has 1 aromatic carbocycles. The highest BCUT2D eigenvalue weighted by Crippen LogP contribution is 2.22. The molecule has 2 aromatic heterocycles. The number of rotatable bonds is 4. The molecule has 7 heteroatoms. The molecular formula is C20H23ClN4O2. The number of benzene rings is 1. The minimum absolute atomic E-state index is 0.00320. The molecule has 1 aliphatic rings. The number of ether oxygens (including phenoxy) is 1. The van der Waals surface area contributed by atoms with Crippen LogP contribution < -0.4 is 0 Å². The van der Waals surface area contributed by atoms with Crippen LogP contribution in [-0.2, 0) is 18.4 Å². The number of amides is 1. The van der Waals surface area contributed by atoms with Gasteiger partial charge in [0.2, 0.25) is 0 Å². The molecule has 0 bridgehead atoms. The van der Waals surface area contributed by atoms with E-state index in [2.05, 4.69) is 9.97 Å². The Morgan fingerprint density at radius 3 is 3.04 bits per heavy atom. The third-order valence-electron chi connectivity index (χ3n) is 5.24. The summed E-state index contributed by atoms with van der Waals surface area (Å²) in [6.07, 6.45) is 3.76. The predicted molar refractivity (Wildman–Crippen MR) is 105 cm³/mol. The van der Waals surface area contributed by atoms with Crippen LogP contribution in [0.3, 0.4) is 0 Å². The zero-order valence-electron chi connectivity index (χ0n) is 15.5. The van der Waals surface area contributed by atoms with Crippen molar-refractivity contribution in [2.45, 2.75) is 32.5 Å². The summed E-state index contributed by atoms with van der Waals surface area (Å²) in [5.74, 6) is 0.909. The second kappa shape index (κ2) is 7.37. The van der Waals surface area contributed by atoms with Crippen LogP contribution >= 0.6 is 11.6 Å². The van der Waals surface area contributed by atoms with Gasteiger partial charge in [-0.05, 0) is 44.0 Å². The Labute approximate surface area is 163 Å². The Balaban J connectivity index is 1.42. The number of aromatic nitrogens is 3. The number of aromatic amines is 1. The van der Waals surface area contributed by atoms with Gasteiger partial charge in [-0.3, -0.25) is 4.79 Å². The largest absolute Gasteiger partial charge is 0.368 e. The van der Waals surface area contributed by atoms with Crippen LogP contribution in [0, 0.1) is 6.92 Å². The zero-order valence-corrected chi connectivity index (χ0v) is 16.3. The Bertz CT molecular complexity index is 978. The molecule has 1 saturated heterocycles. The van der Waals surface area contributed by atoms with E-state index in [1.165, 1.54) is 0 Å². The van der Waals surface area contributed by atoms with E-state index in [-0.39, 0.29) is 12.0 Å². The highest BCUT2D eigenvalue weighted by atomic mass is 35.5. The maximum absolute atomic E-state index is 12.9. The first-order valence-electron chi connectivity index (χ1n) is 9.17. The molecule has 6 nitrogen and oxygen atoms in total.